The number of pyridine rings is 1. The Morgan fingerprint density at radius 3 is 2.76 bits per heavy atom. The fraction of sp³-hybridized carbons (Fsp3) is 0.528. The van der Waals surface area contributed by atoms with Crippen molar-refractivity contribution >= 4 is 16.9 Å². The van der Waals surface area contributed by atoms with Crippen molar-refractivity contribution in [3.05, 3.63) is 64.3 Å². The summed E-state index contributed by atoms with van der Waals surface area (Å²) in [6.45, 7) is 15.5. The number of aromatic nitrogens is 3. The van der Waals surface area contributed by atoms with Crippen LogP contribution >= 0.6 is 0 Å². The quantitative estimate of drug-likeness (QED) is 0.329. The lowest BCUT2D eigenvalue weighted by Gasteiger charge is -2.36. The largest absolute Gasteiger partial charge is 0.493 e. The smallest absolute Gasteiger partial charge is 0.177 e. The first-order chi connectivity index (χ1) is 20.1. The van der Waals surface area contributed by atoms with E-state index < -0.39 is 0 Å². The molecule has 4 heterocycles. The zero-order valence-corrected chi connectivity index (χ0v) is 26.5. The molecule has 0 radical (unpaired) electrons. The van der Waals surface area contributed by atoms with E-state index in [0.717, 1.165) is 67.1 Å². The van der Waals surface area contributed by atoms with Gasteiger partial charge in [-0.2, -0.15) is 0 Å². The van der Waals surface area contributed by atoms with Crippen LogP contribution in [0.3, 0.4) is 0 Å². The third kappa shape index (κ3) is 5.70. The Morgan fingerprint density at radius 2 is 1.95 bits per heavy atom. The van der Waals surface area contributed by atoms with Gasteiger partial charge in [0, 0.05) is 29.9 Å². The van der Waals surface area contributed by atoms with Crippen molar-refractivity contribution in [3.8, 4) is 16.9 Å². The standard InChI is InChI=1S/C36H47N5O/c1-21-14-27-15-26(28-17-32-35(38-19-28)40-24(4)39-32)8-9-34(27)42-13-11-25(21)16-31-30-18-36(5,6)12-10-29(30)22(2)23(3)33(41-31)20-37-7/h8-9,15,17,19,21-22,25,37H,10-14,16,18,20H2,1-7H3,(H,38,39,40). The molecule has 6 rings (SSSR count). The van der Waals surface area contributed by atoms with E-state index in [2.05, 4.69) is 79.2 Å². The van der Waals surface area contributed by atoms with Crippen molar-refractivity contribution in [2.75, 3.05) is 20.2 Å². The van der Waals surface area contributed by atoms with Gasteiger partial charge in [-0.3, -0.25) is 4.99 Å². The maximum Gasteiger partial charge on any atom is 0.177 e. The first-order valence-electron chi connectivity index (χ1n) is 15.8. The summed E-state index contributed by atoms with van der Waals surface area (Å²) in [6.07, 6.45) is 8.56. The highest BCUT2D eigenvalue weighted by molar-refractivity contribution is 6.02. The first-order valence-corrected chi connectivity index (χ1v) is 15.8. The van der Waals surface area contributed by atoms with Crippen molar-refractivity contribution in [1.29, 1.82) is 0 Å². The number of ether oxygens (including phenoxy) is 1. The van der Waals surface area contributed by atoms with Crippen molar-refractivity contribution in [1.82, 2.24) is 20.3 Å². The van der Waals surface area contributed by atoms with Gasteiger partial charge in [0.2, 0.25) is 0 Å². The zero-order valence-electron chi connectivity index (χ0n) is 26.5. The summed E-state index contributed by atoms with van der Waals surface area (Å²) in [6, 6.07) is 8.77. The second kappa shape index (κ2) is 11.4. The van der Waals surface area contributed by atoms with Crippen molar-refractivity contribution < 1.29 is 4.74 Å². The maximum atomic E-state index is 6.42. The number of benzene rings is 1. The Labute approximate surface area is 251 Å². The van der Waals surface area contributed by atoms with Gasteiger partial charge in [0.05, 0.1) is 17.8 Å². The summed E-state index contributed by atoms with van der Waals surface area (Å²) in [5.41, 5.74) is 12.8. The monoisotopic (exact) mass is 565 g/mol. The van der Waals surface area contributed by atoms with Crippen LogP contribution in [0.2, 0.25) is 0 Å². The summed E-state index contributed by atoms with van der Waals surface area (Å²) >= 11 is 0. The van der Waals surface area contributed by atoms with E-state index in [-0.39, 0.29) is 0 Å². The Hall–Kier alpha value is -3.25. The molecule has 0 fully saturated rings. The fourth-order valence-corrected chi connectivity index (χ4v) is 7.32. The zero-order chi connectivity index (χ0) is 29.6. The van der Waals surface area contributed by atoms with E-state index in [1.54, 1.807) is 11.1 Å². The topological polar surface area (TPSA) is 75.2 Å². The van der Waals surface area contributed by atoms with Crippen molar-refractivity contribution in [2.45, 2.75) is 80.1 Å². The molecule has 1 aliphatic carbocycles. The molecule has 3 unspecified atom stereocenters. The van der Waals surface area contributed by atoms with Crippen LogP contribution in [0.1, 0.15) is 78.1 Å². The molecule has 6 nitrogen and oxygen atoms in total. The van der Waals surface area contributed by atoms with Crippen LogP contribution in [0, 0.1) is 30.1 Å². The molecule has 0 spiro atoms. The molecule has 2 N–H and O–H groups in total. The lowest BCUT2D eigenvalue weighted by atomic mass is 9.69. The third-order valence-electron chi connectivity index (χ3n) is 10.1. The van der Waals surface area contributed by atoms with Crippen molar-refractivity contribution in [3.63, 3.8) is 0 Å². The minimum absolute atomic E-state index is 0.318. The normalized spacial score (nSPS) is 24.4. The molecule has 3 aliphatic rings. The Balaban J connectivity index is 1.29. The van der Waals surface area contributed by atoms with Gasteiger partial charge in [-0.05, 0) is 117 Å². The van der Waals surface area contributed by atoms with Gasteiger partial charge < -0.3 is 15.0 Å². The van der Waals surface area contributed by atoms with E-state index >= 15 is 0 Å². The number of hydrogen-bond donors (Lipinski definition) is 2. The molecule has 2 aromatic heterocycles. The number of aromatic amines is 1. The lowest BCUT2D eigenvalue weighted by Crippen LogP contribution is -2.28. The SMILES string of the molecule is CNCC1=C(C)C(C)C2=C(CC(C)(C)CC2)C(CC2CCOc3ccc(-c4cnc5nc(C)[nH]c5c4)cc3CC2C)=N1. The average Bonchev–Trinajstić information content (AvgIpc) is 3.29. The van der Waals surface area contributed by atoms with Crippen molar-refractivity contribution in [2.24, 2.45) is 28.2 Å². The molecule has 3 atom stereocenters. The van der Waals surface area contributed by atoms with E-state index in [1.165, 1.54) is 41.0 Å². The second-order valence-electron chi connectivity index (χ2n) is 13.8. The molecular weight excluding hydrogens is 518 g/mol. The molecule has 6 heteroatoms. The van der Waals surface area contributed by atoms with Gasteiger partial charge in [-0.15, -0.1) is 0 Å². The van der Waals surface area contributed by atoms with Crippen LogP contribution in [0.4, 0.5) is 0 Å². The second-order valence-corrected chi connectivity index (χ2v) is 13.8. The number of allylic oxidation sites excluding steroid dienone is 3. The molecule has 3 aromatic rings. The molecule has 0 amide bonds. The van der Waals surface area contributed by atoms with E-state index in [9.17, 15) is 0 Å². The van der Waals surface area contributed by atoms with Gasteiger partial charge >= 0.3 is 0 Å². The predicted octanol–water partition coefficient (Wildman–Crippen LogP) is 7.99. The number of fused-ring (bicyclic) bond motifs is 2. The van der Waals surface area contributed by atoms with Crippen LogP contribution in [-0.2, 0) is 6.42 Å². The minimum Gasteiger partial charge on any atom is -0.493 e. The number of rotatable bonds is 5. The van der Waals surface area contributed by atoms with Crippen LogP contribution in [-0.4, -0.2) is 40.9 Å². The molecule has 0 saturated carbocycles. The highest BCUT2D eigenvalue weighted by atomic mass is 16.5. The van der Waals surface area contributed by atoms with Crippen LogP contribution in [0.15, 0.2) is 57.9 Å². The molecule has 42 heavy (non-hydrogen) atoms. The molecule has 0 saturated heterocycles. The van der Waals surface area contributed by atoms with Gasteiger partial charge in [0.25, 0.3) is 0 Å². The lowest BCUT2D eigenvalue weighted by molar-refractivity contribution is 0.226. The number of aliphatic imine (C=N–C) groups is 1. The fourth-order valence-electron chi connectivity index (χ4n) is 7.32. The van der Waals surface area contributed by atoms with Gasteiger partial charge in [-0.25, -0.2) is 9.97 Å². The highest BCUT2D eigenvalue weighted by Crippen LogP contribution is 2.46. The number of H-pyrrole nitrogens is 1. The number of nitrogens with one attached hydrogen (secondary N) is 2. The van der Waals surface area contributed by atoms with Gasteiger partial charge in [0.1, 0.15) is 11.6 Å². The number of nitrogens with zero attached hydrogens (tertiary/aromatic N) is 3. The molecule has 2 aliphatic heterocycles. The summed E-state index contributed by atoms with van der Waals surface area (Å²) in [7, 11) is 2.03. The Kier molecular flexibility index (Phi) is 7.86. The van der Waals surface area contributed by atoms with E-state index in [4.69, 9.17) is 9.73 Å². The van der Waals surface area contributed by atoms with E-state index in [0.29, 0.717) is 23.2 Å². The molecule has 0 bridgehead atoms. The summed E-state index contributed by atoms with van der Waals surface area (Å²) < 4.78 is 6.42. The maximum absolute atomic E-state index is 6.42. The van der Waals surface area contributed by atoms with Crippen LogP contribution in [0.25, 0.3) is 22.3 Å². The van der Waals surface area contributed by atoms with Crippen LogP contribution in [0.5, 0.6) is 5.75 Å². The molecule has 222 valence electrons. The number of likely N-dealkylation sites (N-methyl/N-ethyl adjacent to an activating group) is 1. The Morgan fingerprint density at radius 1 is 1.12 bits per heavy atom. The average molecular weight is 566 g/mol. The number of hydrogen-bond acceptors (Lipinski definition) is 5. The highest BCUT2D eigenvalue weighted by Gasteiger charge is 2.35. The van der Waals surface area contributed by atoms with Crippen LogP contribution < -0.4 is 10.1 Å². The first kappa shape index (κ1) is 28.9. The predicted molar refractivity (Wildman–Crippen MR) is 173 cm³/mol. The number of aryl methyl sites for hydroxylation is 1. The molecular formula is C36H47N5O. The third-order valence-corrected chi connectivity index (χ3v) is 10.1. The summed E-state index contributed by atoms with van der Waals surface area (Å²) in [5.74, 6) is 3.39. The summed E-state index contributed by atoms with van der Waals surface area (Å²) in [5, 5.41) is 3.39. The van der Waals surface area contributed by atoms with Gasteiger partial charge in [0.15, 0.2) is 5.65 Å². The minimum atomic E-state index is 0.318. The number of imidazole rings is 1. The Bertz CT molecular complexity index is 1590. The molecule has 1 aromatic carbocycles. The summed E-state index contributed by atoms with van der Waals surface area (Å²) in [4.78, 5) is 17.9. The van der Waals surface area contributed by atoms with E-state index in [1.807, 2.05) is 20.2 Å². The van der Waals surface area contributed by atoms with Gasteiger partial charge in [-0.1, -0.05) is 39.3 Å².